The van der Waals surface area contributed by atoms with E-state index in [4.69, 9.17) is 14.2 Å². The van der Waals surface area contributed by atoms with Crippen molar-refractivity contribution in [3.63, 3.8) is 0 Å². The molecule has 4 rings (SSSR count). The number of hydrogen-bond acceptors (Lipinski definition) is 6. The van der Waals surface area contributed by atoms with Gasteiger partial charge in [-0.1, -0.05) is 13.8 Å². The van der Waals surface area contributed by atoms with E-state index in [-0.39, 0.29) is 5.41 Å². The Balaban J connectivity index is 1.60. The first-order chi connectivity index (χ1) is 11.8. The van der Waals surface area contributed by atoms with Gasteiger partial charge in [0.25, 0.3) is 6.29 Å². The van der Waals surface area contributed by atoms with Crippen LogP contribution in [0.3, 0.4) is 0 Å². The number of carbonyl (C=O) groups excluding carboxylic acids is 2. The standard InChI is InChI=1S/C19H22O6/c1-9-7-12(24-17(9)21)23-8-11-13-15(20)10-5-4-6-19(2,3)14(10)16(13)25-18(11)22/h7-8,12-13,15-16,20H,4-6H2,1-3H3/b11-8+/t12-,13?,15-,16+/m1/s1. The quantitative estimate of drug-likeness (QED) is 0.357. The Morgan fingerprint density at radius 3 is 2.72 bits per heavy atom. The third-order valence-electron chi connectivity index (χ3n) is 5.72. The zero-order chi connectivity index (χ0) is 17.9. The molecule has 2 heterocycles. The van der Waals surface area contributed by atoms with Gasteiger partial charge in [-0.25, -0.2) is 9.59 Å². The van der Waals surface area contributed by atoms with Crippen molar-refractivity contribution in [1.82, 2.24) is 0 Å². The second-order valence-electron chi connectivity index (χ2n) is 7.81. The molecule has 0 aromatic carbocycles. The van der Waals surface area contributed by atoms with Crippen LogP contribution in [0, 0.1) is 11.3 Å². The van der Waals surface area contributed by atoms with Crippen LogP contribution in [0.15, 0.2) is 34.6 Å². The zero-order valence-electron chi connectivity index (χ0n) is 14.6. The van der Waals surface area contributed by atoms with Crippen molar-refractivity contribution in [1.29, 1.82) is 0 Å². The van der Waals surface area contributed by atoms with Gasteiger partial charge < -0.3 is 19.3 Å². The Hall–Kier alpha value is -2.08. The number of carbonyl (C=O) groups is 2. The van der Waals surface area contributed by atoms with E-state index in [0.29, 0.717) is 11.1 Å². The molecule has 0 bridgehead atoms. The van der Waals surface area contributed by atoms with Gasteiger partial charge in [0.1, 0.15) is 6.10 Å². The summed E-state index contributed by atoms with van der Waals surface area (Å²) in [6.45, 7) is 5.90. The normalized spacial score (nSPS) is 37.6. The highest BCUT2D eigenvalue weighted by Gasteiger charge is 2.56. The van der Waals surface area contributed by atoms with Gasteiger partial charge in [-0.15, -0.1) is 0 Å². The van der Waals surface area contributed by atoms with Gasteiger partial charge in [0.2, 0.25) is 0 Å². The SMILES string of the molecule is CC1=C[C@H](O/C=C2/C(=O)O[C@@H]3C4=C(CCCC4(C)C)[C@@H](O)C23)OC1=O. The maximum Gasteiger partial charge on any atom is 0.338 e. The lowest BCUT2D eigenvalue weighted by atomic mass is 9.72. The summed E-state index contributed by atoms with van der Waals surface area (Å²) in [5.74, 6) is -1.36. The topological polar surface area (TPSA) is 82.1 Å². The summed E-state index contributed by atoms with van der Waals surface area (Å²) in [6, 6.07) is 0. The number of ether oxygens (including phenoxy) is 3. The fraction of sp³-hybridized carbons (Fsp3) is 0.579. The van der Waals surface area contributed by atoms with Crippen LogP contribution in [0.5, 0.6) is 0 Å². The van der Waals surface area contributed by atoms with Crippen molar-refractivity contribution < 1.29 is 28.9 Å². The number of rotatable bonds is 2. The van der Waals surface area contributed by atoms with Crippen molar-refractivity contribution in [3.8, 4) is 0 Å². The average Bonchev–Trinajstić information content (AvgIpc) is 3.11. The number of fused-ring (bicyclic) bond motifs is 2. The first kappa shape index (κ1) is 16.4. The molecular weight excluding hydrogens is 324 g/mol. The number of aliphatic hydroxyl groups excluding tert-OH is 1. The van der Waals surface area contributed by atoms with Crippen molar-refractivity contribution in [2.45, 2.75) is 58.5 Å². The van der Waals surface area contributed by atoms with Crippen LogP contribution >= 0.6 is 0 Å². The third-order valence-corrected chi connectivity index (χ3v) is 5.72. The monoisotopic (exact) mass is 346 g/mol. The summed E-state index contributed by atoms with van der Waals surface area (Å²) in [5.41, 5.74) is 2.75. The average molecular weight is 346 g/mol. The van der Waals surface area contributed by atoms with Gasteiger partial charge in [0, 0.05) is 11.6 Å². The highest BCUT2D eigenvalue weighted by atomic mass is 16.7. The van der Waals surface area contributed by atoms with Crippen molar-refractivity contribution >= 4 is 11.9 Å². The summed E-state index contributed by atoms with van der Waals surface area (Å²) in [6.07, 6.45) is 3.70. The van der Waals surface area contributed by atoms with Crippen molar-refractivity contribution in [3.05, 3.63) is 34.6 Å². The van der Waals surface area contributed by atoms with Gasteiger partial charge in [0.15, 0.2) is 0 Å². The molecule has 1 N–H and O–H groups in total. The molecule has 0 spiro atoms. The van der Waals surface area contributed by atoms with E-state index in [2.05, 4.69) is 13.8 Å². The van der Waals surface area contributed by atoms with Crippen LogP contribution in [0.25, 0.3) is 0 Å². The molecule has 1 unspecified atom stereocenters. The largest absolute Gasteiger partial charge is 0.458 e. The van der Waals surface area contributed by atoms with Crippen molar-refractivity contribution in [2.75, 3.05) is 0 Å². The van der Waals surface area contributed by atoms with Crippen LogP contribution in [-0.4, -0.2) is 35.5 Å². The molecule has 2 aliphatic carbocycles. The van der Waals surface area contributed by atoms with Gasteiger partial charge in [-0.05, 0) is 42.7 Å². The first-order valence-corrected chi connectivity index (χ1v) is 8.67. The molecule has 134 valence electrons. The number of aliphatic hydroxyl groups is 1. The second-order valence-corrected chi connectivity index (χ2v) is 7.81. The second kappa shape index (κ2) is 5.46. The van der Waals surface area contributed by atoms with Gasteiger partial charge in [-0.3, -0.25) is 0 Å². The molecule has 0 radical (unpaired) electrons. The Bertz CT molecular complexity index is 741. The molecule has 0 saturated carbocycles. The third kappa shape index (κ3) is 2.42. The predicted octanol–water partition coefficient (Wildman–Crippen LogP) is 2.14. The molecule has 6 nitrogen and oxygen atoms in total. The molecule has 2 aliphatic heterocycles. The first-order valence-electron chi connectivity index (χ1n) is 8.67. The maximum absolute atomic E-state index is 12.3. The van der Waals surface area contributed by atoms with E-state index >= 15 is 0 Å². The molecule has 0 aromatic heterocycles. The Morgan fingerprint density at radius 1 is 1.28 bits per heavy atom. The van der Waals surface area contributed by atoms with E-state index in [1.54, 1.807) is 13.0 Å². The van der Waals surface area contributed by atoms with Crippen LogP contribution in [0.2, 0.25) is 0 Å². The van der Waals surface area contributed by atoms with E-state index in [0.717, 1.165) is 30.4 Å². The number of cyclic esters (lactones) is 1. The summed E-state index contributed by atoms with van der Waals surface area (Å²) < 4.78 is 16.1. The lowest BCUT2D eigenvalue weighted by Gasteiger charge is -2.34. The minimum Gasteiger partial charge on any atom is -0.458 e. The minimum atomic E-state index is -0.843. The van der Waals surface area contributed by atoms with Gasteiger partial charge in [0.05, 0.1) is 23.9 Å². The smallest absolute Gasteiger partial charge is 0.338 e. The Kier molecular flexibility index (Phi) is 3.58. The lowest BCUT2D eigenvalue weighted by Crippen LogP contribution is -2.27. The van der Waals surface area contributed by atoms with E-state index in [9.17, 15) is 14.7 Å². The molecule has 1 fully saturated rings. The molecule has 6 heteroatoms. The molecule has 4 aliphatic rings. The predicted molar refractivity (Wildman–Crippen MR) is 86.8 cm³/mol. The van der Waals surface area contributed by atoms with E-state index in [1.165, 1.54) is 6.26 Å². The molecule has 0 amide bonds. The number of hydrogen-bond donors (Lipinski definition) is 1. The van der Waals surface area contributed by atoms with E-state index < -0.39 is 36.4 Å². The number of esters is 2. The fourth-order valence-electron chi connectivity index (χ4n) is 4.49. The highest BCUT2D eigenvalue weighted by Crippen LogP contribution is 2.54. The fourth-order valence-corrected chi connectivity index (χ4v) is 4.49. The molecular formula is C19H22O6. The molecule has 4 atom stereocenters. The summed E-state index contributed by atoms with van der Waals surface area (Å²) in [5, 5.41) is 10.8. The van der Waals surface area contributed by atoms with Crippen LogP contribution in [-0.2, 0) is 23.8 Å². The maximum atomic E-state index is 12.3. The minimum absolute atomic E-state index is 0.0919. The van der Waals surface area contributed by atoms with Crippen molar-refractivity contribution in [2.24, 2.45) is 11.3 Å². The van der Waals surface area contributed by atoms with Crippen LogP contribution in [0.4, 0.5) is 0 Å². The molecule has 25 heavy (non-hydrogen) atoms. The van der Waals surface area contributed by atoms with E-state index in [1.807, 2.05) is 0 Å². The van der Waals surface area contributed by atoms with Gasteiger partial charge in [-0.2, -0.15) is 0 Å². The summed E-state index contributed by atoms with van der Waals surface area (Å²) in [4.78, 5) is 23.7. The lowest BCUT2D eigenvalue weighted by molar-refractivity contribution is -0.152. The van der Waals surface area contributed by atoms with Crippen LogP contribution in [0.1, 0.15) is 40.0 Å². The highest BCUT2D eigenvalue weighted by molar-refractivity contribution is 5.93. The zero-order valence-corrected chi connectivity index (χ0v) is 14.6. The van der Waals surface area contributed by atoms with Gasteiger partial charge >= 0.3 is 11.9 Å². The molecule has 0 aromatic rings. The summed E-state index contributed by atoms with van der Waals surface area (Å²) >= 11 is 0. The molecule has 1 saturated heterocycles. The Labute approximate surface area is 146 Å². The Morgan fingerprint density at radius 2 is 2.04 bits per heavy atom. The van der Waals surface area contributed by atoms with Crippen LogP contribution < -0.4 is 0 Å². The summed E-state index contributed by atoms with van der Waals surface area (Å²) in [7, 11) is 0.